The van der Waals surface area contributed by atoms with Crippen molar-refractivity contribution in [2.75, 3.05) is 10.6 Å². The Balaban J connectivity index is 1.87. The Hall–Kier alpha value is -3.01. The number of phenols is 1. The van der Waals surface area contributed by atoms with Crippen molar-refractivity contribution in [1.82, 2.24) is 0 Å². The topological polar surface area (TPSA) is 61.4 Å². The van der Waals surface area contributed by atoms with Gasteiger partial charge in [-0.05, 0) is 55.5 Å². The minimum Gasteiger partial charge on any atom is -0.508 e. The van der Waals surface area contributed by atoms with Gasteiger partial charge in [0.25, 0.3) is 0 Å². The molecule has 0 heterocycles. The third kappa shape index (κ3) is 3.18. The number of urea groups is 1. The van der Waals surface area contributed by atoms with E-state index in [2.05, 4.69) is 10.6 Å². The summed E-state index contributed by atoms with van der Waals surface area (Å²) in [5.41, 5.74) is 4.70. The molecule has 0 atom stereocenters. The van der Waals surface area contributed by atoms with Crippen molar-refractivity contribution in [2.45, 2.75) is 20.8 Å². The fourth-order valence-corrected chi connectivity index (χ4v) is 3.01. The lowest BCUT2D eigenvalue weighted by Gasteiger charge is -2.14. The Morgan fingerprint density at radius 1 is 0.917 bits per heavy atom. The quantitative estimate of drug-likeness (QED) is 0.614. The maximum Gasteiger partial charge on any atom is 0.323 e. The molecule has 4 nitrogen and oxygen atoms in total. The van der Waals surface area contributed by atoms with E-state index in [0.29, 0.717) is 5.69 Å². The van der Waals surface area contributed by atoms with E-state index < -0.39 is 0 Å². The average molecular weight is 320 g/mol. The second kappa shape index (κ2) is 6.24. The standard InChI is InChI=1S/C20H20N2O2/c1-12-9-13(2)19(14(3)10-12)22-20(24)21-18-6-4-5-15-7-8-16(23)11-17(15)18/h4-11,23H,1-3H3,(H2,21,22,24). The molecule has 0 fully saturated rings. The van der Waals surface area contributed by atoms with Crippen LogP contribution < -0.4 is 10.6 Å². The van der Waals surface area contributed by atoms with Gasteiger partial charge in [0.2, 0.25) is 0 Å². The van der Waals surface area contributed by atoms with E-state index in [-0.39, 0.29) is 11.8 Å². The van der Waals surface area contributed by atoms with Crippen molar-refractivity contribution in [3.05, 3.63) is 65.2 Å². The molecule has 0 saturated heterocycles. The first kappa shape index (κ1) is 15.9. The molecule has 0 spiro atoms. The first-order valence-electron chi connectivity index (χ1n) is 7.81. The number of hydrogen-bond acceptors (Lipinski definition) is 2. The zero-order valence-electron chi connectivity index (χ0n) is 14.0. The van der Waals surface area contributed by atoms with Crippen LogP contribution in [0.1, 0.15) is 16.7 Å². The number of rotatable bonds is 2. The van der Waals surface area contributed by atoms with Gasteiger partial charge in [-0.25, -0.2) is 4.79 Å². The van der Waals surface area contributed by atoms with Crippen LogP contribution in [0.25, 0.3) is 10.8 Å². The largest absolute Gasteiger partial charge is 0.508 e. The van der Waals surface area contributed by atoms with Crippen molar-refractivity contribution < 1.29 is 9.90 Å². The molecule has 0 radical (unpaired) electrons. The summed E-state index contributed by atoms with van der Waals surface area (Å²) in [7, 11) is 0. The third-order valence-corrected chi connectivity index (χ3v) is 4.03. The molecule has 0 saturated carbocycles. The van der Waals surface area contributed by atoms with Gasteiger partial charge in [0, 0.05) is 11.1 Å². The van der Waals surface area contributed by atoms with Crippen molar-refractivity contribution in [3.8, 4) is 5.75 Å². The van der Waals surface area contributed by atoms with Crippen molar-refractivity contribution in [3.63, 3.8) is 0 Å². The fraction of sp³-hybridized carbons (Fsp3) is 0.150. The van der Waals surface area contributed by atoms with Crippen molar-refractivity contribution in [1.29, 1.82) is 0 Å². The summed E-state index contributed by atoms with van der Waals surface area (Å²) < 4.78 is 0. The SMILES string of the molecule is Cc1cc(C)c(NC(=O)Nc2cccc3ccc(O)cc23)c(C)c1. The van der Waals surface area contributed by atoms with Crippen LogP contribution in [-0.4, -0.2) is 11.1 Å². The molecule has 2 amide bonds. The molecule has 122 valence electrons. The highest BCUT2D eigenvalue weighted by atomic mass is 16.3. The molecule has 3 aromatic rings. The number of anilines is 2. The summed E-state index contributed by atoms with van der Waals surface area (Å²) in [4.78, 5) is 12.4. The van der Waals surface area contributed by atoms with E-state index in [1.165, 1.54) is 5.56 Å². The van der Waals surface area contributed by atoms with Gasteiger partial charge in [0.05, 0.1) is 5.69 Å². The van der Waals surface area contributed by atoms with Gasteiger partial charge in [-0.3, -0.25) is 0 Å². The number of amides is 2. The molecule has 0 aromatic heterocycles. The number of phenolic OH excluding ortho intramolecular Hbond substituents is 1. The third-order valence-electron chi connectivity index (χ3n) is 4.03. The molecule has 3 aromatic carbocycles. The lowest BCUT2D eigenvalue weighted by molar-refractivity contribution is 0.262. The number of nitrogens with one attached hydrogen (secondary N) is 2. The lowest BCUT2D eigenvalue weighted by Crippen LogP contribution is -2.20. The van der Waals surface area contributed by atoms with Crippen molar-refractivity contribution in [2.24, 2.45) is 0 Å². The van der Waals surface area contributed by atoms with E-state index in [9.17, 15) is 9.90 Å². The monoisotopic (exact) mass is 320 g/mol. The predicted octanol–water partition coefficient (Wildman–Crippen LogP) is 5.11. The summed E-state index contributed by atoms with van der Waals surface area (Å²) >= 11 is 0. The number of fused-ring (bicyclic) bond motifs is 1. The van der Waals surface area contributed by atoms with E-state index in [4.69, 9.17) is 0 Å². The first-order valence-corrected chi connectivity index (χ1v) is 7.81. The summed E-state index contributed by atoms with van der Waals surface area (Å²) in [6.07, 6.45) is 0. The molecule has 4 heteroatoms. The second-order valence-corrected chi connectivity index (χ2v) is 6.06. The van der Waals surface area contributed by atoms with Crippen molar-refractivity contribution >= 4 is 28.2 Å². The molecule has 0 aliphatic carbocycles. The van der Waals surface area contributed by atoms with Gasteiger partial charge >= 0.3 is 6.03 Å². The van der Waals surface area contributed by atoms with Crippen LogP contribution in [0, 0.1) is 20.8 Å². The number of hydrogen-bond donors (Lipinski definition) is 3. The van der Waals surface area contributed by atoms with Gasteiger partial charge in [0.15, 0.2) is 0 Å². The molecular formula is C20H20N2O2. The number of carbonyl (C=O) groups is 1. The van der Waals surface area contributed by atoms with Crippen LogP contribution >= 0.6 is 0 Å². The van der Waals surface area contributed by atoms with Gasteiger partial charge in [0.1, 0.15) is 5.75 Å². The minimum absolute atomic E-state index is 0.169. The normalized spacial score (nSPS) is 10.6. The molecule has 0 unspecified atom stereocenters. The Morgan fingerprint density at radius 2 is 1.62 bits per heavy atom. The Kier molecular flexibility index (Phi) is 4.13. The molecule has 3 N–H and O–H groups in total. The van der Waals surface area contributed by atoms with Gasteiger partial charge in [-0.15, -0.1) is 0 Å². The molecule has 3 rings (SSSR count). The van der Waals surface area contributed by atoms with Crippen LogP contribution in [-0.2, 0) is 0 Å². The van der Waals surface area contributed by atoms with Crippen LogP contribution in [0.3, 0.4) is 0 Å². The summed E-state index contributed by atoms with van der Waals surface area (Å²) in [5.74, 6) is 0.169. The highest BCUT2D eigenvalue weighted by Gasteiger charge is 2.10. The van der Waals surface area contributed by atoms with E-state index >= 15 is 0 Å². The molecule has 0 aliphatic heterocycles. The van der Waals surface area contributed by atoms with Gasteiger partial charge in [-0.1, -0.05) is 35.9 Å². The van der Waals surface area contributed by atoms with Crippen LogP contribution in [0.5, 0.6) is 5.75 Å². The number of aromatic hydroxyl groups is 1. The lowest BCUT2D eigenvalue weighted by atomic mass is 10.1. The summed E-state index contributed by atoms with van der Waals surface area (Å²) in [5, 5.41) is 17.2. The Labute approximate surface area is 141 Å². The predicted molar refractivity (Wildman–Crippen MR) is 98.9 cm³/mol. The van der Waals surface area contributed by atoms with Gasteiger partial charge in [-0.2, -0.15) is 0 Å². The molecule has 0 bridgehead atoms. The first-order chi connectivity index (χ1) is 11.4. The smallest absolute Gasteiger partial charge is 0.323 e. The zero-order valence-corrected chi connectivity index (χ0v) is 14.0. The van der Waals surface area contributed by atoms with Crippen LogP contribution in [0.15, 0.2) is 48.5 Å². The molecular weight excluding hydrogens is 300 g/mol. The summed E-state index contributed by atoms with van der Waals surface area (Å²) in [6.45, 7) is 5.99. The fourth-order valence-electron chi connectivity index (χ4n) is 3.01. The number of aryl methyl sites for hydroxylation is 3. The zero-order chi connectivity index (χ0) is 17.3. The molecule has 0 aliphatic rings. The highest BCUT2D eigenvalue weighted by molar-refractivity contribution is 6.06. The number of carbonyl (C=O) groups excluding carboxylic acids is 1. The Bertz CT molecular complexity index is 909. The van der Waals surface area contributed by atoms with Crippen LogP contribution in [0.4, 0.5) is 16.2 Å². The minimum atomic E-state index is -0.305. The molecule has 24 heavy (non-hydrogen) atoms. The van der Waals surface area contributed by atoms with Gasteiger partial charge < -0.3 is 15.7 Å². The van der Waals surface area contributed by atoms with Crippen LogP contribution in [0.2, 0.25) is 0 Å². The summed E-state index contributed by atoms with van der Waals surface area (Å²) in [6, 6.07) is 14.5. The number of benzene rings is 3. The second-order valence-electron chi connectivity index (χ2n) is 6.06. The maximum absolute atomic E-state index is 12.4. The van der Waals surface area contributed by atoms with E-state index in [0.717, 1.165) is 27.6 Å². The van der Waals surface area contributed by atoms with E-state index in [1.807, 2.05) is 57.2 Å². The van der Waals surface area contributed by atoms with E-state index in [1.54, 1.807) is 12.1 Å². The average Bonchev–Trinajstić information content (AvgIpc) is 2.51. The maximum atomic E-state index is 12.4. The highest BCUT2D eigenvalue weighted by Crippen LogP contribution is 2.27. The Morgan fingerprint density at radius 3 is 2.33 bits per heavy atom.